The first-order valence-corrected chi connectivity index (χ1v) is 7.52. The van der Waals surface area contributed by atoms with Crippen LogP contribution in [0.3, 0.4) is 0 Å². The van der Waals surface area contributed by atoms with Crippen LogP contribution in [0.4, 0.5) is 23.1 Å². The number of halogens is 1. The third-order valence-electron chi connectivity index (χ3n) is 3.34. The van der Waals surface area contributed by atoms with Crippen molar-refractivity contribution in [1.82, 2.24) is 15.2 Å². The molecular formula is C17H13ClN6. The van der Waals surface area contributed by atoms with Crippen LogP contribution in [0.15, 0.2) is 48.7 Å². The van der Waals surface area contributed by atoms with E-state index < -0.39 is 0 Å². The third kappa shape index (κ3) is 3.59. The van der Waals surface area contributed by atoms with Crippen molar-refractivity contribution in [2.75, 3.05) is 10.6 Å². The summed E-state index contributed by atoms with van der Waals surface area (Å²) < 4.78 is 0. The van der Waals surface area contributed by atoms with Crippen LogP contribution in [0.25, 0.3) is 0 Å². The molecule has 0 bridgehead atoms. The van der Waals surface area contributed by atoms with Crippen LogP contribution in [-0.4, -0.2) is 15.2 Å². The maximum atomic E-state index is 8.95. The van der Waals surface area contributed by atoms with Gasteiger partial charge in [-0.1, -0.05) is 23.7 Å². The minimum absolute atomic E-state index is 0.349. The van der Waals surface area contributed by atoms with Gasteiger partial charge >= 0.3 is 0 Å². The number of hydrogen-bond donors (Lipinski definition) is 2. The van der Waals surface area contributed by atoms with E-state index in [1.165, 1.54) is 6.20 Å². The van der Waals surface area contributed by atoms with E-state index in [1.54, 1.807) is 18.2 Å². The molecule has 7 heteroatoms. The molecule has 0 amide bonds. The fourth-order valence-corrected chi connectivity index (χ4v) is 2.27. The fourth-order valence-electron chi connectivity index (χ4n) is 2.09. The Morgan fingerprint density at radius 1 is 1.12 bits per heavy atom. The largest absolute Gasteiger partial charge is 0.339 e. The van der Waals surface area contributed by atoms with Crippen LogP contribution in [-0.2, 0) is 0 Å². The highest BCUT2D eigenvalue weighted by Crippen LogP contribution is 2.25. The molecule has 0 aliphatic heterocycles. The van der Waals surface area contributed by atoms with E-state index >= 15 is 0 Å². The highest BCUT2D eigenvalue weighted by atomic mass is 35.5. The average molecular weight is 337 g/mol. The van der Waals surface area contributed by atoms with Crippen LogP contribution in [0.2, 0.25) is 5.02 Å². The van der Waals surface area contributed by atoms with Gasteiger partial charge in [-0.05, 0) is 42.8 Å². The molecule has 3 aromatic rings. The first-order chi connectivity index (χ1) is 11.7. The zero-order valence-electron chi connectivity index (χ0n) is 12.8. The summed E-state index contributed by atoms with van der Waals surface area (Å²) in [5.74, 6) is 0.865. The molecule has 0 aliphatic carbocycles. The number of rotatable bonds is 4. The number of hydrogen-bond acceptors (Lipinski definition) is 6. The van der Waals surface area contributed by atoms with E-state index in [4.69, 9.17) is 16.9 Å². The van der Waals surface area contributed by atoms with Gasteiger partial charge in [0, 0.05) is 16.4 Å². The first kappa shape index (κ1) is 15.7. The summed E-state index contributed by atoms with van der Waals surface area (Å²) in [6.45, 7) is 1.91. The lowest BCUT2D eigenvalue weighted by Crippen LogP contribution is -2.03. The van der Waals surface area contributed by atoms with Crippen molar-refractivity contribution in [1.29, 1.82) is 5.26 Å². The van der Waals surface area contributed by atoms with Crippen LogP contribution >= 0.6 is 11.6 Å². The number of nitrogens with zero attached hydrogens (tertiary/aromatic N) is 4. The summed E-state index contributed by atoms with van der Waals surface area (Å²) in [5.41, 5.74) is 3.03. The number of nitriles is 1. The van der Waals surface area contributed by atoms with Crippen molar-refractivity contribution >= 4 is 34.7 Å². The Hall–Kier alpha value is -3.17. The van der Waals surface area contributed by atoms with Crippen LogP contribution < -0.4 is 10.6 Å². The molecule has 2 aromatic carbocycles. The Kier molecular flexibility index (Phi) is 4.54. The van der Waals surface area contributed by atoms with Gasteiger partial charge in [0.25, 0.3) is 0 Å². The second-order valence-corrected chi connectivity index (χ2v) is 5.43. The van der Waals surface area contributed by atoms with Gasteiger partial charge in [-0.2, -0.15) is 15.3 Å². The predicted octanol–water partition coefficient (Wildman–Crippen LogP) is 4.19. The van der Waals surface area contributed by atoms with Gasteiger partial charge in [-0.25, -0.2) is 0 Å². The Morgan fingerprint density at radius 3 is 2.79 bits per heavy atom. The Bertz CT molecular complexity index is 919. The molecule has 3 rings (SSSR count). The maximum Gasteiger partial charge on any atom is 0.249 e. The van der Waals surface area contributed by atoms with E-state index in [-0.39, 0.29) is 0 Å². The first-order valence-electron chi connectivity index (χ1n) is 7.15. The zero-order valence-corrected chi connectivity index (χ0v) is 13.5. The molecule has 2 N–H and O–H groups in total. The average Bonchev–Trinajstić information content (AvgIpc) is 2.59. The fraction of sp³-hybridized carbons (Fsp3) is 0.0588. The topological polar surface area (TPSA) is 86.5 Å². The van der Waals surface area contributed by atoms with Crippen molar-refractivity contribution in [2.45, 2.75) is 6.92 Å². The molecule has 0 saturated heterocycles. The molecule has 0 fully saturated rings. The molecule has 118 valence electrons. The maximum absolute atomic E-state index is 8.95. The van der Waals surface area contributed by atoms with Crippen molar-refractivity contribution < 1.29 is 0 Å². The lowest BCUT2D eigenvalue weighted by Gasteiger charge is -2.10. The lowest BCUT2D eigenvalue weighted by molar-refractivity contribution is 0.982. The SMILES string of the molecule is Cc1c(Cl)cccc1Nc1nncc(Nc2cccc(C#N)c2)n1. The van der Waals surface area contributed by atoms with Crippen molar-refractivity contribution in [3.63, 3.8) is 0 Å². The number of benzene rings is 2. The number of aromatic nitrogens is 3. The summed E-state index contributed by atoms with van der Waals surface area (Å²) in [6.07, 6.45) is 1.51. The predicted molar refractivity (Wildman–Crippen MR) is 93.7 cm³/mol. The second-order valence-electron chi connectivity index (χ2n) is 5.02. The van der Waals surface area contributed by atoms with Gasteiger partial charge in [0.1, 0.15) is 0 Å². The smallest absolute Gasteiger partial charge is 0.249 e. The molecule has 1 aromatic heterocycles. The summed E-state index contributed by atoms with van der Waals surface area (Å²) >= 11 is 6.11. The molecule has 0 aliphatic rings. The van der Waals surface area contributed by atoms with Gasteiger partial charge in [-0.3, -0.25) is 0 Å². The molecule has 6 nitrogen and oxygen atoms in total. The van der Waals surface area contributed by atoms with Crippen molar-refractivity contribution in [3.8, 4) is 6.07 Å². The minimum Gasteiger partial charge on any atom is -0.339 e. The Morgan fingerprint density at radius 2 is 1.96 bits per heavy atom. The van der Waals surface area contributed by atoms with Gasteiger partial charge in [0.2, 0.25) is 5.95 Å². The molecule has 0 unspecified atom stereocenters. The normalized spacial score (nSPS) is 10.0. The summed E-state index contributed by atoms with van der Waals surface area (Å²) in [5, 5.41) is 23.7. The van der Waals surface area contributed by atoms with Gasteiger partial charge in [0.15, 0.2) is 5.82 Å². The monoisotopic (exact) mass is 336 g/mol. The molecular weight excluding hydrogens is 324 g/mol. The number of nitrogens with one attached hydrogen (secondary N) is 2. The van der Waals surface area contributed by atoms with E-state index in [0.29, 0.717) is 22.4 Å². The number of anilines is 4. The van der Waals surface area contributed by atoms with E-state index in [1.807, 2.05) is 31.2 Å². The quantitative estimate of drug-likeness (QED) is 0.742. The molecule has 0 radical (unpaired) electrons. The molecule has 0 saturated carbocycles. The van der Waals surface area contributed by atoms with E-state index in [2.05, 4.69) is 31.9 Å². The summed E-state index contributed by atoms with van der Waals surface area (Å²) in [4.78, 5) is 4.37. The van der Waals surface area contributed by atoms with Gasteiger partial charge in [0.05, 0.1) is 17.8 Å². The molecule has 1 heterocycles. The standard InChI is InChI=1S/C17H13ClN6/c1-11-14(18)6-3-7-15(11)22-17-23-16(10-20-24-17)21-13-5-2-4-12(8-13)9-19/h2-8,10H,1H3,(H2,21,22,23,24). The van der Waals surface area contributed by atoms with Crippen molar-refractivity contribution in [3.05, 3.63) is 64.8 Å². The van der Waals surface area contributed by atoms with E-state index in [0.717, 1.165) is 16.9 Å². The molecule has 0 spiro atoms. The van der Waals surface area contributed by atoms with Crippen LogP contribution in [0.1, 0.15) is 11.1 Å². The summed E-state index contributed by atoms with van der Waals surface area (Å²) in [7, 11) is 0. The van der Waals surface area contributed by atoms with Crippen molar-refractivity contribution in [2.24, 2.45) is 0 Å². The highest BCUT2D eigenvalue weighted by Gasteiger charge is 2.06. The third-order valence-corrected chi connectivity index (χ3v) is 3.75. The Labute approximate surface area is 144 Å². The van der Waals surface area contributed by atoms with Crippen LogP contribution in [0, 0.1) is 18.3 Å². The molecule has 0 atom stereocenters. The summed E-state index contributed by atoms with van der Waals surface area (Å²) in [6, 6.07) is 14.8. The minimum atomic E-state index is 0.349. The van der Waals surface area contributed by atoms with Gasteiger partial charge in [-0.15, -0.1) is 5.10 Å². The van der Waals surface area contributed by atoms with Gasteiger partial charge < -0.3 is 10.6 Å². The second kappa shape index (κ2) is 6.94. The molecule has 24 heavy (non-hydrogen) atoms. The zero-order chi connectivity index (χ0) is 16.9. The lowest BCUT2D eigenvalue weighted by atomic mass is 10.2. The van der Waals surface area contributed by atoms with E-state index in [9.17, 15) is 0 Å². The highest BCUT2D eigenvalue weighted by molar-refractivity contribution is 6.31. The Balaban J connectivity index is 1.81. The van der Waals surface area contributed by atoms with Crippen LogP contribution in [0.5, 0.6) is 0 Å².